The predicted molar refractivity (Wildman–Crippen MR) is 87.5 cm³/mol. The van der Waals surface area contributed by atoms with Crippen molar-refractivity contribution in [3.63, 3.8) is 0 Å². The van der Waals surface area contributed by atoms with Gasteiger partial charge in [0.15, 0.2) is 5.82 Å². The fourth-order valence-electron chi connectivity index (χ4n) is 3.32. The monoisotopic (exact) mass is 313 g/mol. The Morgan fingerprint density at radius 1 is 1.17 bits per heavy atom. The Balaban J connectivity index is 1.75. The molecular formula is C17H23N5O. The van der Waals surface area contributed by atoms with Gasteiger partial charge in [0.25, 0.3) is 0 Å². The topological polar surface area (TPSA) is 63.9 Å². The highest BCUT2D eigenvalue weighted by atomic mass is 16.2. The number of aromatic nitrogens is 4. The van der Waals surface area contributed by atoms with Crippen molar-refractivity contribution in [3.8, 4) is 11.4 Å². The summed E-state index contributed by atoms with van der Waals surface area (Å²) in [5.41, 5.74) is 2.11. The molecule has 1 fully saturated rings. The molecule has 1 amide bonds. The van der Waals surface area contributed by atoms with Crippen molar-refractivity contribution in [1.82, 2.24) is 25.1 Å². The number of hydrogen-bond acceptors (Lipinski definition) is 4. The first kappa shape index (κ1) is 15.6. The molecule has 0 bridgehead atoms. The molecule has 2 heterocycles. The van der Waals surface area contributed by atoms with Crippen molar-refractivity contribution >= 4 is 5.91 Å². The Kier molecular flexibility index (Phi) is 4.41. The van der Waals surface area contributed by atoms with Gasteiger partial charge in [-0.05, 0) is 35.6 Å². The van der Waals surface area contributed by atoms with Crippen LogP contribution in [0.4, 0.5) is 0 Å². The molecule has 2 atom stereocenters. The Hall–Kier alpha value is -2.24. The number of likely N-dealkylation sites (tertiary alicyclic amines) is 1. The molecule has 6 heteroatoms. The standard InChI is InChI=1S/C17H23N5O/c1-12-4-6-15(7-5-12)17-18-19-20-22(17)11-16(23)21-9-13(2)8-14(3)10-21/h4-7,13-14H,8-11H2,1-3H3/t13-,14+. The van der Waals surface area contributed by atoms with E-state index in [9.17, 15) is 4.79 Å². The van der Waals surface area contributed by atoms with E-state index in [1.165, 1.54) is 12.0 Å². The minimum atomic E-state index is 0.0871. The fourth-order valence-corrected chi connectivity index (χ4v) is 3.32. The number of hydrogen-bond donors (Lipinski definition) is 0. The third-order valence-electron chi connectivity index (χ3n) is 4.35. The zero-order chi connectivity index (χ0) is 16.4. The first-order valence-electron chi connectivity index (χ1n) is 8.14. The molecule has 0 saturated carbocycles. The Labute approximate surface area is 136 Å². The van der Waals surface area contributed by atoms with Crippen molar-refractivity contribution in [2.24, 2.45) is 11.8 Å². The van der Waals surface area contributed by atoms with Crippen molar-refractivity contribution in [2.75, 3.05) is 13.1 Å². The van der Waals surface area contributed by atoms with Gasteiger partial charge >= 0.3 is 0 Å². The molecule has 0 spiro atoms. The molecule has 3 rings (SSSR count). The second-order valence-electron chi connectivity index (χ2n) is 6.77. The first-order chi connectivity index (χ1) is 11.0. The number of amides is 1. The molecular weight excluding hydrogens is 290 g/mol. The van der Waals surface area contributed by atoms with Crippen LogP contribution in [0.3, 0.4) is 0 Å². The molecule has 1 aromatic carbocycles. The summed E-state index contributed by atoms with van der Waals surface area (Å²) in [5.74, 6) is 1.82. The van der Waals surface area contributed by atoms with E-state index < -0.39 is 0 Å². The lowest BCUT2D eigenvalue weighted by Crippen LogP contribution is -2.44. The second-order valence-corrected chi connectivity index (χ2v) is 6.77. The maximum Gasteiger partial charge on any atom is 0.244 e. The minimum absolute atomic E-state index is 0.0871. The maximum atomic E-state index is 12.6. The van der Waals surface area contributed by atoms with E-state index in [1.807, 2.05) is 36.1 Å². The summed E-state index contributed by atoms with van der Waals surface area (Å²) >= 11 is 0. The summed E-state index contributed by atoms with van der Waals surface area (Å²) in [6.45, 7) is 8.27. The van der Waals surface area contributed by atoms with Gasteiger partial charge in [-0.1, -0.05) is 43.7 Å². The van der Waals surface area contributed by atoms with E-state index in [0.717, 1.165) is 18.7 Å². The first-order valence-corrected chi connectivity index (χ1v) is 8.14. The van der Waals surface area contributed by atoms with E-state index in [0.29, 0.717) is 17.7 Å². The largest absolute Gasteiger partial charge is 0.341 e. The van der Waals surface area contributed by atoms with Gasteiger partial charge in [0.05, 0.1) is 0 Å². The number of aryl methyl sites for hydroxylation is 1. The molecule has 0 unspecified atom stereocenters. The van der Waals surface area contributed by atoms with Gasteiger partial charge in [-0.2, -0.15) is 0 Å². The van der Waals surface area contributed by atoms with Gasteiger partial charge in [0, 0.05) is 18.7 Å². The predicted octanol–water partition coefficient (Wildman–Crippen LogP) is 2.15. The smallest absolute Gasteiger partial charge is 0.244 e. The van der Waals surface area contributed by atoms with Crippen molar-refractivity contribution in [2.45, 2.75) is 33.7 Å². The van der Waals surface area contributed by atoms with Crippen LogP contribution < -0.4 is 0 Å². The van der Waals surface area contributed by atoms with Gasteiger partial charge < -0.3 is 4.90 Å². The highest BCUT2D eigenvalue weighted by Crippen LogP contribution is 2.22. The number of carbonyl (C=O) groups excluding carboxylic acids is 1. The molecule has 6 nitrogen and oxygen atoms in total. The zero-order valence-electron chi connectivity index (χ0n) is 13.9. The van der Waals surface area contributed by atoms with E-state index in [1.54, 1.807) is 4.68 Å². The molecule has 0 radical (unpaired) electrons. The van der Waals surface area contributed by atoms with Crippen LogP contribution >= 0.6 is 0 Å². The molecule has 23 heavy (non-hydrogen) atoms. The summed E-state index contributed by atoms with van der Waals surface area (Å²) in [6.07, 6.45) is 1.18. The van der Waals surface area contributed by atoms with Gasteiger partial charge in [-0.15, -0.1) is 5.10 Å². The molecule has 0 aliphatic carbocycles. The highest BCUT2D eigenvalue weighted by molar-refractivity contribution is 5.76. The maximum absolute atomic E-state index is 12.6. The number of nitrogens with zero attached hydrogens (tertiary/aromatic N) is 5. The number of piperidine rings is 1. The average molecular weight is 313 g/mol. The molecule has 1 aromatic heterocycles. The van der Waals surface area contributed by atoms with E-state index in [2.05, 4.69) is 29.4 Å². The lowest BCUT2D eigenvalue weighted by molar-refractivity contribution is -0.134. The normalized spacial score (nSPS) is 21.4. The van der Waals surface area contributed by atoms with Crippen LogP contribution in [0.2, 0.25) is 0 Å². The van der Waals surface area contributed by atoms with E-state index in [-0.39, 0.29) is 12.5 Å². The lowest BCUT2D eigenvalue weighted by atomic mass is 9.92. The fraction of sp³-hybridized carbons (Fsp3) is 0.529. The Bertz CT molecular complexity index is 669. The summed E-state index contributed by atoms with van der Waals surface area (Å²) < 4.78 is 1.59. The van der Waals surface area contributed by atoms with Crippen LogP contribution in [-0.2, 0) is 11.3 Å². The minimum Gasteiger partial charge on any atom is -0.341 e. The zero-order valence-corrected chi connectivity index (χ0v) is 13.9. The van der Waals surface area contributed by atoms with E-state index in [4.69, 9.17) is 0 Å². The lowest BCUT2D eigenvalue weighted by Gasteiger charge is -2.35. The number of benzene rings is 1. The quantitative estimate of drug-likeness (QED) is 0.871. The highest BCUT2D eigenvalue weighted by Gasteiger charge is 2.26. The molecule has 122 valence electrons. The summed E-state index contributed by atoms with van der Waals surface area (Å²) in [6, 6.07) is 7.99. The third-order valence-corrected chi connectivity index (χ3v) is 4.35. The summed E-state index contributed by atoms with van der Waals surface area (Å²) in [4.78, 5) is 14.5. The van der Waals surface area contributed by atoms with Gasteiger partial charge in [-0.25, -0.2) is 4.68 Å². The van der Waals surface area contributed by atoms with Gasteiger partial charge in [-0.3, -0.25) is 4.79 Å². The average Bonchev–Trinajstić information content (AvgIpc) is 2.95. The molecule has 1 aliphatic heterocycles. The Morgan fingerprint density at radius 2 is 1.83 bits per heavy atom. The van der Waals surface area contributed by atoms with Crippen molar-refractivity contribution in [1.29, 1.82) is 0 Å². The summed E-state index contributed by atoms with van der Waals surface area (Å²) in [5, 5.41) is 11.8. The number of carbonyl (C=O) groups is 1. The van der Waals surface area contributed by atoms with Crippen molar-refractivity contribution < 1.29 is 4.79 Å². The van der Waals surface area contributed by atoms with Crippen LogP contribution in [-0.4, -0.2) is 44.1 Å². The molecule has 1 saturated heterocycles. The van der Waals surface area contributed by atoms with Gasteiger partial charge in [0.1, 0.15) is 6.54 Å². The number of rotatable bonds is 3. The number of tetrazole rings is 1. The second kappa shape index (κ2) is 6.48. The van der Waals surface area contributed by atoms with E-state index >= 15 is 0 Å². The van der Waals surface area contributed by atoms with Crippen LogP contribution in [0.1, 0.15) is 25.8 Å². The molecule has 0 N–H and O–H groups in total. The van der Waals surface area contributed by atoms with Crippen LogP contribution in [0.25, 0.3) is 11.4 Å². The SMILES string of the molecule is Cc1ccc(-c2nnnn2CC(=O)N2C[C@H](C)C[C@H](C)C2)cc1. The van der Waals surface area contributed by atoms with Crippen LogP contribution in [0, 0.1) is 18.8 Å². The molecule has 2 aromatic rings. The Morgan fingerprint density at radius 3 is 2.48 bits per heavy atom. The van der Waals surface area contributed by atoms with Gasteiger partial charge in [0.2, 0.25) is 5.91 Å². The van der Waals surface area contributed by atoms with Crippen LogP contribution in [0.15, 0.2) is 24.3 Å². The summed E-state index contributed by atoms with van der Waals surface area (Å²) in [7, 11) is 0. The third kappa shape index (κ3) is 3.57. The molecule has 1 aliphatic rings. The van der Waals surface area contributed by atoms with Crippen molar-refractivity contribution in [3.05, 3.63) is 29.8 Å². The van der Waals surface area contributed by atoms with Crippen LogP contribution in [0.5, 0.6) is 0 Å².